The van der Waals surface area contributed by atoms with E-state index in [4.69, 9.17) is 4.74 Å². The molecule has 17 heavy (non-hydrogen) atoms. The lowest BCUT2D eigenvalue weighted by Crippen LogP contribution is -2.37. The molecule has 1 atom stereocenters. The second-order valence-corrected chi connectivity index (χ2v) is 4.27. The van der Waals surface area contributed by atoms with Gasteiger partial charge in [0.05, 0.1) is 6.54 Å². The van der Waals surface area contributed by atoms with E-state index in [1.807, 2.05) is 17.8 Å². The number of amides is 1. The summed E-state index contributed by atoms with van der Waals surface area (Å²) in [6.45, 7) is 4.71. The van der Waals surface area contributed by atoms with Crippen LogP contribution in [0.1, 0.15) is 12.2 Å². The Hall–Kier alpha value is -1.62. The van der Waals surface area contributed by atoms with Gasteiger partial charge in [-0.1, -0.05) is 6.58 Å². The van der Waals surface area contributed by atoms with Crippen molar-refractivity contribution in [2.75, 3.05) is 20.2 Å². The number of carbonyl (C=O) groups excluding carboxylic acids is 1. The summed E-state index contributed by atoms with van der Waals surface area (Å²) >= 11 is 0. The standard InChI is InChI=1S/C12H17N3O2/c1-4-10(16)15-7-5-12(9-15,17-3)11-13-6-8-14(11)2/h4,6,8H,1,5,7,9H2,2-3H3. The van der Waals surface area contributed by atoms with Gasteiger partial charge in [0.15, 0.2) is 0 Å². The molecule has 2 rings (SSSR count). The molecule has 1 unspecified atom stereocenters. The topological polar surface area (TPSA) is 47.4 Å². The lowest BCUT2D eigenvalue weighted by Gasteiger charge is -2.27. The normalized spacial score (nSPS) is 24.0. The first-order valence-corrected chi connectivity index (χ1v) is 5.57. The third-order valence-corrected chi connectivity index (χ3v) is 3.34. The summed E-state index contributed by atoms with van der Waals surface area (Å²) in [6.07, 6.45) is 5.72. The van der Waals surface area contributed by atoms with Crippen molar-refractivity contribution in [2.24, 2.45) is 7.05 Å². The fraction of sp³-hybridized carbons (Fsp3) is 0.500. The molecule has 1 aromatic heterocycles. The smallest absolute Gasteiger partial charge is 0.246 e. The second kappa shape index (κ2) is 4.33. The van der Waals surface area contributed by atoms with Crippen molar-refractivity contribution in [3.8, 4) is 0 Å². The minimum atomic E-state index is -0.489. The van der Waals surface area contributed by atoms with Gasteiger partial charge in [-0.2, -0.15) is 0 Å². The van der Waals surface area contributed by atoms with Gasteiger partial charge in [0.2, 0.25) is 5.91 Å². The number of likely N-dealkylation sites (tertiary alicyclic amines) is 1. The monoisotopic (exact) mass is 235 g/mol. The van der Waals surface area contributed by atoms with Crippen LogP contribution in [0.3, 0.4) is 0 Å². The number of hydrogen-bond acceptors (Lipinski definition) is 3. The molecule has 92 valence electrons. The lowest BCUT2D eigenvalue weighted by atomic mass is 10.0. The molecule has 0 saturated carbocycles. The Kier molecular flexibility index (Phi) is 3.02. The Labute approximate surface area is 101 Å². The molecule has 1 saturated heterocycles. The maximum atomic E-state index is 11.6. The molecule has 0 N–H and O–H groups in total. The van der Waals surface area contributed by atoms with Gasteiger partial charge in [-0.3, -0.25) is 4.79 Å². The molecule has 0 radical (unpaired) electrons. The molecule has 1 aliphatic rings. The van der Waals surface area contributed by atoms with E-state index in [0.717, 1.165) is 12.2 Å². The average Bonchev–Trinajstić information content (AvgIpc) is 2.95. The quantitative estimate of drug-likeness (QED) is 0.724. The van der Waals surface area contributed by atoms with Gasteiger partial charge in [-0.25, -0.2) is 4.98 Å². The highest BCUT2D eigenvalue weighted by atomic mass is 16.5. The number of aromatic nitrogens is 2. The molecule has 1 aliphatic heterocycles. The molecule has 1 aromatic rings. The number of imidazole rings is 1. The van der Waals surface area contributed by atoms with E-state index in [1.165, 1.54) is 6.08 Å². The summed E-state index contributed by atoms with van der Waals surface area (Å²) < 4.78 is 7.57. The van der Waals surface area contributed by atoms with Crippen molar-refractivity contribution in [1.29, 1.82) is 0 Å². The summed E-state index contributed by atoms with van der Waals surface area (Å²) in [6, 6.07) is 0. The molecular formula is C12H17N3O2. The minimum absolute atomic E-state index is 0.0573. The Morgan fingerprint density at radius 2 is 2.47 bits per heavy atom. The number of ether oxygens (including phenoxy) is 1. The summed E-state index contributed by atoms with van der Waals surface area (Å²) in [5.74, 6) is 0.803. The molecule has 0 bridgehead atoms. The Balaban J connectivity index is 2.27. The molecule has 0 spiro atoms. The Bertz CT molecular complexity index is 441. The SMILES string of the molecule is C=CC(=O)N1CCC(OC)(c2nccn2C)C1. The number of hydrogen-bond donors (Lipinski definition) is 0. The van der Waals surface area contributed by atoms with Crippen LogP contribution in [-0.2, 0) is 22.2 Å². The Morgan fingerprint density at radius 3 is 3.00 bits per heavy atom. The predicted molar refractivity (Wildman–Crippen MR) is 63.3 cm³/mol. The van der Waals surface area contributed by atoms with E-state index < -0.39 is 5.60 Å². The van der Waals surface area contributed by atoms with Crippen LogP contribution in [0.25, 0.3) is 0 Å². The van der Waals surface area contributed by atoms with Crippen LogP contribution in [0.5, 0.6) is 0 Å². The zero-order chi connectivity index (χ0) is 12.5. The summed E-state index contributed by atoms with van der Waals surface area (Å²) in [5.41, 5.74) is -0.489. The number of rotatable bonds is 3. The van der Waals surface area contributed by atoms with Crippen molar-refractivity contribution in [3.05, 3.63) is 30.9 Å². The first-order valence-electron chi connectivity index (χ1n) is 5.57. The summed E-state index contributed by atoms with van der Waals surface area (Å²) in [7, 11) is 3.59. The maximum absolute atomic E-state index is 11.6. The lowest BCUT2D eigenvalue weighted by molar-refractivity contribution is -0.126. The van der Waals surface area contributed by atoms with Crippen molar-refractivity contribution in [3.63, 3.8) is 0 Å². The third kappa shape index (κ3) is 1.86. The van der Waals surface area contributed by atoms with E-state index in [2.05, 4.69) is 11.6 Å². The first-order chi connectivity index (χ1) is 8.13. The fourth-order valence-electron chi connectivity index (χ4n) is 2.34. The van der Waals surface area contributed by atoms with Crippen LogP contribution >= 0.6 is 0 Å². The number of aryl methyl sites for hydroxylation is 1. The van der Waals surface area contributed by atoms with Gasteiger partial charge < -0.3 is 14.2 Å². The highest BCUT2D eigenvalue weighted by molar-refractivity contribution is 5.87. The zero-order valence-electron chi connectivity index (χ0n) is 10.2. The van der Waals surface area contributed by atoms with Crippen molar-refractivity contribution < 1.29 is 9.53 Å². The molecule has 1 fully saturated rings. The van der Waals surface area contributed by atoms with Crippen molar-refractivity contribution in [2.45, 2.75) is 12.0 Å². The van der Waals surface area contributed by atoms with Crippen molar-refractivity contribution >= 4 is 5.91 Å². The summed E-state index contributed by atoms with van der Waals surface area (Å²) in [4.78, 5) is 17.7. The van der Waals surface area contributed by atoms with Gasteiger partial charge in [0.25, 0.3) is 0 Å². The summed E-state index contributed by atoms with van der Waals surface area (Å²) in [5, 5.41) is 0. The van der Waals surface area contributed by atoms with E-state index >= 15 is 0 Å². The highest BCUT2D eigenvalue weighted by Crippen LogP contribution is 2.34. The number of methoxy groups -OCH3 is 1. The zero-order valence-corrected chi connectivity index (χ0v) is 10.2. The van der Waals surface area contributed by atoms with Crippen LogP contribution < -0.4 is 0 Å². The molecular weight excluding hydrogens is 218 g/mol. The second-order valence-electron chi connectivity index (χ2n) is 4.27. The molecule has 0 aliphatic carbocycles. The molecule has 0 aromatic carbocycles. The minimum Gasteiger partial charge on any atom is -0.368 e. The van der Waals surface area contributed by atoms with Gasteiger partial charge in [0.1, 0.15) is 11.4 Å². The van der Waals surface area contributed by atoms with Gasteiger partial charge in [0, 0.05) is 39.5 Å². The average molecular weight is 235 g/mol. The van der Waals surface area contributed by atoms with Gasteiger partial charge in [-0.15, -0.1) is 0 Å². The van der Waals surface area contributed by atoms with Crippen LogP contribution in [0.15, 0.2) is 25.0 Å². The highest BCUT2D eigenvalue weighted by Gasteiger charge is 2.43. The van der Waals surface area contributed by atoms with Crippen molar-refractivity contribution in [1.82, 2.24) is 14.5 Å². The number of nitrogens with zero attached hydrogens (tertiary/aromatic N) is 3. The van der Waals surface area contributed by atoms with Crippen LogP contribution in [0.2, 0.25) is 0 Å². The van der Waals surface area contributed by atoms with Crippen LogP contribution in [-0.4, -0.2) is 40.6 Å². The van der Waals surface area contributed by atoms with Crippen LogP contribution in [0.4, 0.5) is 0 Å². The molecule has 5 nitrogen and oxygen atoms in total. The number of carbonyl (C=O) groups is 1. The Morgan fingerprint density at radius 1 is 1.71 bits per heavy atom. The molecule has 2 heterocycles. The molecule has 5 heteroatoms. The third-order valence-electron chi connectivity index (χ3n) is 3.34. The van der Waals surface area contributed by atoms with Crippen LogP contribution in [0, 0.1) is 0 Å². The van der Waals surface area contributed by atoms with Gasteiger partial charge in [-0.05, 0) is 6.08 Å². The largest absolute Gasteiger partial charge is 0.368 e. The van der Waals surface area contributed by atoms with Gasteiger partial charge >= 0.3 is 0 Å². The first kappa shape index (κ1) is 11.9. The molecule has 1 amide bonds. The van der Waals surface area contributed by atoms with E-state index in [1.54, 1.807) is 18.2 Å². The predicted octanol–water partition coefficient (Wildman–Crippen LogP) is 0.680. The van der Waals surface area contributed by atoms with E-state index in [0.29, 0.717) is 13.1 Å². The van der Waals surface area contributed by atoms with E-state index in [9.17, 15) is 4.79 Å². The maximum Gasteiger partial charge on any atom is 0.246 e. The van der Waals surface area contributed by atoms with E-state index in [-0.39, 0.29) is 5.91 Å². The fourth-order valence-corrected chi connectivity index (χ4v) is 2.34.